The smallest absolute Gasteiger partial charge is 0.227 e. The Morgan fingerprint density at radius 2 is 1.93 bits per heavy atom. The molecule has 3 rings (SSSR count). The minimum absolute atomic E-state index is 0.0487. The van der Waals surface area contributed by atoms with Crippen LogP contribution in [0.25, 0.3) is 22.8 Å². The monoisotopic (exact) mass is 398 g/mol. The second-order valence-electron chi connectivity index (χ2n) is 6.87. The van der Waals surface area contributed by atoms with Crippen LogP contribution in [-0.4, -0.2) is 28.6 Å². The molecule has 1 heterocycles. The van der Waals surface area contributed by atoms with E-state index in [0.29, 0.717) is 28.8 Å². The fraction of sp³-hybridized carbons (Fsp3) is 0.273. The molecule has 1 amide bonds. The Morgan fingerprint density at radius 1 is 1.18 bits per heavy atom. The lowest BCUT2D eigenvalue weighted by atomic mass is 10.1. The average Bonchev–Trinajstić information content (AvgIpc) is 3.05. The summed E-state index contributed by atoms with van der Waals surface area (Å²) in [6.45, 7) is 3.93. The molecule has 0 atom stereocenters. The number of nitrogens with zero attached hydrogens (tertiary/aromatic N) is 1. The van der Waals surface area contributed by atoms with E-state index in [9.17, 15) is 4.79 Å². The van der Waals surface area contributed by atoms with Crippen LogP contribution < -0.4 is 5.32 Å². The Kier molecular flexibility index (Phi) is 6.49. The van der Waals surface area contributed by atoms with Crippen LogP contribution in [0.1, 0.15) is 25.1 Å². The molecule has 0 unspecified atom stereocenters. The first kappa shape index (κ1) is 20.1. The first-order chi connectivity index (χ1) is 13.5. The maximum atomic E-state index is 12.3. The third kappa shape index (κ3) is 5.00. The summed E-state index contributed by atoms with van der Waals surface area (Å²) in [6, 6.07) is 15.0. The van der Waals surface area contributed by atoms with Gasteiger partial charge in [-0.3, -0.25) is 4.79 Å². The highest BCUT2D eigenvalue weighted by molar-refractivity contribution is 6.30. The van der Waals surface area contributed by atoms with Crippen molar-refractivity contribution in [2.75, 3.05) is 6.61 Å². The molecule has 6 heteroatoms. The summed E-state index contributed by atoms with van der Waals surface area (Å²) in [7, 11) is 0. The van der Waals surface area contributed by atoms with Crippen molar-refractivity contribution in [3.8, 4) is 22.8 Å². The van der Waals surface area contributed by atoms with E-state index < -0.39 is 0 Å². The molecule has 3 aromatic rings. The molecule has 0 aliphatic carbocycles. The van der Waals surface area contributed by atoms with Crippen molar-refractivity contribution in [1.29, 1.82) is 0 Å². The van der Waals surface area contributed by atoms with Gasteiger partial charge in [-0.05, 0) is 50.1 Å². The highest BCUT2D eigenvalue weighted by atomic mass is 35.5. The number of oxazole rings is 1. The minimum Gasteiger partial charge on any atom is -0.436 e. The molecule has 0 fully saturated rings. The number of amides is 1. The van der Waals surface area contributed by atoms with Crippen molar-refractivity contribution >= 4 is 17.5 Å². The normalized spacial score (nSPS) is 11.0. The van der Waals surface area contributed by atoms with Crippen molar-refractivity contribution in [3.05, 3.63) is 64.8 Å². The summed E-state index contributed by atoms with van der Waals surface area (Å²) in [5.41, 5.74) is 3.18. The van der Waals surface area contributed by atoms with E-state index in [0.717, 1.165) is 16.7 Å². The molecular weight excluding hydrogens is 376 g/mol. The molecule has 5 nitrogen and oxygen atoms in total. The fourth-order valence-corrected chi connectivity index (χ4v) is 3.11. The molecule has 0 saturated carbocycles. The predicted octanol–water partition coefficient (Wildman–Crippen LogP) is 4.26. The zero-order chi connectivity index (χ0) is 20.1. The van der Waals surface area contributed by atoms with Gasteiger partial charge >= 0.3 is 0 Å². The van der Waals surface area contributed by atoms with Crippen molar-refractivity contribution in [1.82, 2.24) is 10.3 Å². The lowest BCUT2D eigenvalue weighted by molar-refractivity contribution is -0.120. The summed E-state index contributed by atoms with van der Waals surface area (Å²) in [5, 5.41) is 12.5. The molecule has 0 saturated heterocycles. The van der Waals surface area contributed by atoms with Crippen molar-refractivity contribution in [2.45, 2.75) is 32.7 Å². The Hall–Kier alpha value is -2.63. The minimum atomic E-state index is -0.114. The van der Waals surface area contributed by atoms with Crippen molar-refractivity contribution < 1.29 is 14.3 Å². The average molecular weight is 399 g/mol. The van der Waals surface area contributed by atoms with Gasteiger partial charge in [-0.25, -0.2) is 4.98 Å². The topological polar surface area (TPSA) is 75.4 Å². The zero-order valence-corrected chi connectivity index (χ0v) is 16.7. The summed E-state index contributed by atoms with van der Waals surface area (Å²) in [4.78, 5) is 16.9. The zero-order valence-electron chi connectivity index (χ0n) is 15.9. The number of carbonyl (C=O) groups excluding carboxylic acids is 1. The number of aliphatic hydroxyl groups excluding tert-OH is 1. The van der Waals surface area contributed by atoms with Gasteiger partial charge in [0.25, 0.3) is 0 Å². The predicted molar refractivity (Wildman–Crippen MR) is 110 cm³/mol. The highest BCUT2D eigenvalue weighted by Crippen LogP contribution is 2.31. The van der Waals surface area contributed by atoms with Crippen LogP contribution in [0.4, 0.5) is 0 Å². The summed E-state index contributed by atoms with van der Waals surface area (Å²) in [5.74, 6) is 0.866. The number of nitrogens with one attached hydrogen (secondary N) is 1. The van der Waals surface area contributed by atoms with Crippen LogP contribution in [0.2, 0.25) is 5.02 Å². The second-order valence-corrected chi connectivity index (χ2v) is 7.31. The van der Waals surface area contributed by atoms with Crippen LogP contribution in [-0.2, 0) is 17.6 Å². The molecule has 0 radical (unpaired) electrons. The van der Waals surface area contributed by atoms with Crippen molar-refractivity contribution in [2.24, 2.45) is 0 Å². The SMILES string of the molecule is CC(C)NC(=O)Cc1nc(-c2ccc(CCO)cc2)oc1-c1cccc(Cl)c1. The molecule has 1 aromatic heterocycles. The van der Waals surface area contributed by atoms with Gasteiger partial charge in [0, 0.05) is 28.8 Å². The molecule has 146 valence electrons. The van der Waals surface area contributed by atoms with E-state index >= 15 is 0 Å². The summed E-state index contributed by atoms with van der Waals surface area (Å²) in [6.07, 6.45) is 0.715. The van der Waals surface area contributed by atoms with E-state index in [1.165, 1.54) is 0 Å². The molecule has 2 N–H and O–H groups in total. The molecule has 0 bridgehead atoms. The van der Waals surface area contributed by atoms with Gasteiger partial charge in [0.2, 0.25) is 11.8 Å². The van der Waals surface area contributed by atoms with E-state index in [1.54, 1.807) is 12.1 Å². The standard InChI is InChI=1S/C22H23ClN2O3/c1-14(2)24-20(27)13-19-21(17-4-3-5-18(23)12-17)28-22(25-19)16-8-6-15(7-9-16)10-11-26/h3-9,12,14,26H,10-11,13H2,1-2H3,(H,24,27). The van der Waals surface area contributed by atoms with Gasteiger partial charge in [-0.1, -0.05) is 35.9 Å². The largest absolute Gasteiger partial charge is 0.436 e. The van der Waals surface area contributed by atoms with E-state index in [-0.39, 0.29) is 25.0 Å². The number of aliphatic hydroxyl groups is 1. The molecule has 0 aliphatic heterocycles. The second kappa shape index (κ2) is 9.04. The van der Waals surface area contributed by atoms with E-state index in [1.807, 2.05) is 50.2 Å². The molecule has 0 aliphatic rings. The first-order valence-corrected chi connectivity index (χ1v) is 9.59. The lowest BCUT2D eigenvalue weighted by Crippen LogP contribution is -2.31. The van der Waals surface area contributed by atoms with E-state index in [2.05, 4.69) is 10.3 Å². The number of halogens is 1. The quantitative estimate of drug-likeness (QED) is 0.623. The maximum absolute atomic E-state index is 12.3. The highest BCUT2D eigenvalue weighted by Gasteiger charge is 2.19. The van der Waals surface area contributed by atoms with Crippen LogP contribution in [0.15, 0.2) is 52.9 Å². The van der Waals surface area contributed by atoms with Gasteiger partial charge in [0.1, 0.15) is 0 Å². The molecular formula is C22H23ClN2O3. The third-order valence-electron chi connectivity index (χ3n) is 4.16. The van der Waals surface area contributed by atoms with Crippen LogP contribution in [0, 0.1) is 0 Å². The summed E-state index contributed by atoms with van der Waals surface area (Å²) < 4.78 is 6.05. The molecule has 0 spiro atoms. The first-order valence-electron chi connectivity index (χ1n) is 9.21. The van der Waals surface area contributed by atoms with Gasteiger partial charge in [0.15, 0.2) is 5.76 Å². The number of hydrogen-bond acceptors (Lipinski definition) is 4. The van der Waals surface area contributed by atoms with Gasteiger partial charge in [-0.15, -0.1) is 0 Å². The Morgan fingerprint density at radius 3 is 2.57 bits per heavy atom. The fourth-order valence-electron chi connectivity index (χ4n) is 2.92. The van der Waals surface area contributed by atoms with Crippen LogP contribution >= 0.6 is 11.6 Å². The number of rotatable bonds is 7. The van der Waals surface area contributed by atoms with Gasteiger partial charge < -0.3 is 14.8 Å². The van der Waals surface area contributed by atoms with E-state index in [4.69, 9.17) is 21.1 Å². The molecule has 2 aromatic carbocycles. The van der Waals surface area contributed by atoms with Crippen LogP contribution in [0.5, 0.6) is 0 Å². The number of hydrogen-bond donors (Lipinski definition) is 2. The van der Waals surface area contributed by atoms with Gasteiger partial charge in [-0.2, -0.15) is 0 Å². The maximum Gasteiger partial charge on any atom is 0.227 e. The summed E-state index contributed by atoms with van der Waals surface area (Å²) >= 11 is 6.13. The number of carbonyl (C=O) groups is 1. The Balaban J connectivity index is 1.98. The Bertz CT molecular complexity index is 949. The van der Waals surface area contributed by atoms with Gasteiger partial charge in [0.05, 0.1) is 12.1 Å². The van der Waals surface area contributed by atoms with Crippen molar-refractivity contribution in [3.63, 3.8) is 0 Å². The molecule has 28 heavy (non-hydrogen) atoms. The number of benzene rings is 2. The van der Waals surface area contributed by atoms with Crippen LogP contribution in [0.3, 0.4) is 0 Å². The number of aromatic nitrogens is 1. The lowest BCUT2D eigenvalue weighted by Gasteiger charge is -2.07. The third-order valence-corrected chi connectivity index (χ3v) is 4.40. The Labute approximate surface area is 169 Å².